The van der Waals surface area contributed by atoms with Gasteiger partial charge in [0.2, 0.25) is 0 Å². The third-order valence-electron chi connectivity index (χ3n) is 4.80. The minimum absolute atomic E-state index is 0.0957. The first-order chi connectivity index (χ1) is 13.7. The maximum Gasteiger partial charge on any atom is 0.295 e. The number of benzene rings is 2. The van der Waals surface area contributed by atoms with Crippen LogP contribution in [-0.2, 0) is 16.1 Å². The molecule has 0 saturated carbocycles. The number of aromatic nitrogens is 1. The third kappa shape index (κ3) is 3.18. The summed E-state index contributed by atoms with van der Waals surface area (Å²) in [6, 6.07) is 21.1. The van der Waals surface area contributed by atoms with Crippen molar-refractivity contribution in [3.63, 3.8) is 0 Å². The number of likely N-dealkylation sites (tertiary alicyclic amines) is 1. The van der Waals surface area contributed by atoms with Crippen molar-refractivity contribution in [2.75, 3.05) is 0 Å². The Hall–Kier alpha value is -3.73. The van der Waals surface area contributed by atoms with Crippen LogP contribution in [0, 0.1) is 0 Å². The van der Waals surface area contributed by atoms with E-state index in [2.05, 4.69) is 4.98 Å². The first-order valence-electron chi connectivity index (χ1n) is 8.94. The first kappa shape index (κ1) is 17.7. The van der Waals surface area contributed by atoms with Crippen LogP contribution in [0.1, 0.15) is 22.7 Å². The summed E-state index contributed by atoms with van der Waals surface area (Å²) < 4.78 is 0. The molecule has 3 aromatic rings. The van der Waals surface area contributed by atoms with Gasteiger partial charge in [-0.1, -0.05) is 60.7 Å². The van der Waals surface area contributed by atoms with Gasteiger partial charge < -0.3 is 10.0 Å². The fourth-order valence-corrected chi connectivity index (χ4v) is 3.47. The standard InChI is InChI=1S/C23H18N2O3/c26-21(18-9-5-2-6-10-18)19-20(17-11-13-24-14-12-17)25(23(28)22(19)27)15-16-7-3-1-4-8-16/h1-14,20,26H,15H2/t20-/m0/s1. The number of Topliss-reactive ketones (excluding diaryl/α,β-unsaturated/α-hetero) is 1. The maximum absolute atomic E-state index is 12.9. The Labute approximate surface area is 162 Å². The molecule has 2 aromatic carbocycles. The Kier molecular flexibility index (Phi) is 4.72. The van der Waals surface area contributed by atoms with Gasteiger partial charge in [0.1, 0.15) is 5.76 Å². The summed E-state index contributed by atoms with van der Waals surface area (Å²) in [5, 5.41) is 10.9. The zero-order chi connectivity index (χ0) is 19.5. The molecule has 0 aliphatic carbocycles. The number of rotatable bonds is 4. The van der Waals surface area contributed by atoms with Crippen molar-refractivity contribution in [2.45, 2.75) is 12.6 Å². The summed E-state index contributed by atoms with van der Waals surface area (Å²) in [6.45, 7) is 0.268. The molecule has 1 aliphatic heterocycles. The number of carbonyl (C=O) groups excluding carboxylic acids is 2. The first-order valence-corrected chi connectivity index (χ1v) is 8.94. The number of hydrogen-bond donors (Lipinski definition) is 1. The van der Waals surface area contributed by atoms with Gasteiger partial charge in [-0.25, -0.2) is 0 Å². The van der Waals surface area contributed by atoms with Crippen LogP contribution in [0.2, 0.25) is 0 Å². The Balaban J connectivity index is 1.85. The van der Waals surface area contributed by atoms with Gasteiger partial charge >= 0.3 is 0 Å². The predicted octanol–water partition coefficient (Wildman–Crippen LogP) is 3.70. The van der Waals surface area contributed by atoms with E-state index in [1.54, 1.807) is 48.8 Å². The molecule has 5 nitrogen and oxygen atoms in total. The Morgan fingerprint density at radius 2 is 1.50 bits per heavy atom. The lowest BCUT2D eigenvalue weighted by atomic mass is 9.96. The van der Waals surface area contributed by atoms with Crippen LogP contribution in [0.15, 0.2) is 90.8 Å². The second-order valence-corrected chi connectivity index (χ2v) is 6.56. The lowest BCUT2D eigenvalue weighted by molar-refractivity contribution is -0.140. The summed E-state index contributed by atoms with van der Waals surface area (Å²) in [5.74, 6) is -1.47. The SMILES string of the molecule is O=C1C(=O)N(Cc2ccccc2)[C@@H](c2ccncc2)C1=C(O)c1ccccc1. The largest absolute Gasteiger partial charge is 0.507 e. The van der Waals surface area contributed by atoms with Gasteiger partial charge in [-0.05, 0) is 23.3 Å². The summed E-state index contributed by atoms with van der Waals surface area (Å²) in [4.78, 5) is 31.3. The minimum atomic E-state index is -0.681. The molecule has 2 heterocycles. The highest BCUT2D eigenvalue weighted by Crippen LogP contribution is 2.39. The maximum atomic E-state index is 12.9. The minimum Gasteiger partial charge on any atom is -0.507 e. The fourth-order valence-electron chi connectivity index (χ4n) is 3.47. The van der Waals surface area contributed by atoms with Crippen LogP contribution in [0.4, 0.5) is 0 Å². The Morgan fingerprint density at radius 1 is 0.893 bits per heavy atom. The topological polar surface area (TPSA) is 70.5 Å². The van der Waals surface area contributed by atoms with E-state index >= 15 is 0 Å². The molecule has 0 radical (unpaired) electrons. The molecule has 0 spiro atoms. The molecule has 4 rings (SSSR count). The Bertz CT molecular complexity index is 1030. The highest BCUT2D eigenvalue weighted by Gasteiger charge is 2.45. The monoisotopic (exact) mass is 370 g/mol. The predicted molar refractivity (Wildman–Crippen MR) is 105 cm³/mol. The molecule has 1 fully saturated rings. The van der Waals surface area contributed by atoms with E-state index in [-0.39, 0.29) is 17.9 Å². The van der Waals surface area contributed by atoms with Crippen molar-refractivity contribution < 1.29 is 14.7 Å². The van der Waals surface area contributed by atoms with Gasteiger partial charge in [0, 0.05) is 24.5 Å². The van der Waals surface area contributed by atoms with E-state index in [1.807, 2.05) is 36.4 Å². The van der Waals surface area contributed by atoms with Crippen molar-refractivity contribution in [1.29, 1.82) is 0 Å². The fraction of sp³-hybridized carbons (Fsp3) is 0.0870. The molecule has 138 valence electrons. The zero-order valence-corrected chi connectivity index (χ0v) is 15.0. The number of pyridine rings is 1. The number of amides is 1. The van der Waals surface area contributed by atoms with Crippen LogP contribution < -0.4 is 0 Å². The molecule has 1 aromatic heterocycles. The smallest absolute Gasteiger partial charge is 0.295 e. The number of nitrogens with zero attached hydrogens (tertiary/aromatic N) is 2. The quantitative estimate of drug-likeness (QED) is 0.432. The number of aliphatic hydroxyl groups excluding tert-OH is 1. The molecule has 0 bridgehead atoms. The van der Waals surface area contributed by atoms with Gasteiger partial charge in [-0.15, -0.1) is 0 Å². The molecule has 1 atom stereocenters. The highest BCUT2D eigenvalue weighted by atomic mass is 16.3. The van der Waals surface area contributed by atoms with Gasteiger partial charge in [0.25, 0.3) is 11.7 Å². The molecule has 1 aliphatic rings. The van der Waals surface area contributed by atoms with Crippen molar-refractivity contribution in [3.8, 4) is 0 Å². The number of aliphatic hydroxyl groups is 1. The van der Waals surface area contributed by atoms with E-state index in [0.29, 0.717) is 5.56 Å². The summed E-state index contributed by atoms with van der Waals surface area (Å²) >= 11 is 0. The van der Waals surface area contributed by atoms with Crippen LogP contribution in [0.25, 0.3) is 5.76 Å². The lowest BCUT2D eigenvalue weighted by Gasteiger charge is -2.25. The van der Waals surface area contributed by atoms with Crippen LogP contribution in [0.5, 0.6) is 0 Å². The van der Waals surface area contributed by atoms with Crippen LogP contribution in [0.3, 0.4) is 0 Å². The van der Waals surface area contributed by atoms with Crippen LogP contribution >= 0.6 is 0 Å². The summed E-state index contributed by atoms with van der Waals surface area (Å²) in [5.41, 5.74) is 2.23. The van der Waals surface area contributed by atoms with Gasteiger partial charge in [0.15, 0.2) is 0 Å². The second-order valence-electron chi connectivity index (χ2n) is 6.56. The molecule has 1 N–H and O–H groups in total. The highest BCUT2D eigenvalue weighted by molar-refractivity contribution is 6.46. The molecular formula is C23H18N2O3. The average molecular weight is 370 g/mol. The van der Waals surface area contributed by atoms with Crippen molar-refractivity contribution in [1.82, 2.24) is 9.88 Å². The molecule has 1 saturated heterocycles. The molecule has 5 heteroatoms. The molecule has 1 amide bonds. The van der Waals surface area contributed by atoms with Gasteiger partial charge in [0.05, 0.1) is 11.6 Å². The molecule has 28 heavy (non-hydrogen) atoms. The molecular weight excluding hydrogens is 352 g/mol. The van der Waals surface area contributed by atoms with Crippen molar-refractivity contribution >= 4 is 17.4 Å². The zero-order valence-electron chi connectivity index (χ0n) is 15.0. The number of ketones is 1. The molecule has 0 unspecified atom stereocenters. The van der Waals surface area contributed by atoms with E-state index in [1.165, 1.54) is 4.90 Å². The van der Waals surface area contributed by atoms with Gasteiger partial charge in [-0.3, -0.25) is 14.6 Å². The lowest BCUT2D eigenvalue weighted by Crippen LogP contribution is -2.29. The summed E-state index contributed by atoms with van der Waals surface area (Å²) in [7, 11) is 0. The van der Waals surface area contributed by atoms with Gasteiger partial charge in [-0.2, -0.15) is 0 Å². The normalized spacial score (nSPS) is 18.4. The second kappa shape index (κ2) is 7.48. The number of hydrogen-bond acceptors (Lipinski definition) is 4. The van der Waals surface area contributed by atoms with E-state index in [9.17, 15) is 14.7 Å². The summed E-state index contributed by atoms with van der Waals surface area (Å²) in [6.07, 6.45) is 3.22. The average Bonchev–Trinajstić information content (AvgIpc) is 3.00. The van der Waals surface area contributed by atoms with E-state index in [0.717, 1.165) is 11.1 Å². The van der Waals surface area contributed by atoms with E-state index < -0.39 is 17.7 Å². The number of carbonyl (C=O) groups is 2. The third-order valence-corrected chi connectivity index (χ3v) is 4.80. The van der Waals surface area contributed by atoms with Crippen molar-refractivity contribution in [2.24, 2.45) is 0 Å². The Morgan fingerprint density at radius 3 is 2.14 bits per heavy atom. The van der Waals surface area contributed by atoms with Crippen molar-refractivity contribution in [3.05, 3.63) is 107 Å². The van der Waals surface area contributed by atoms with Crippen LogP contribution in [-0.4, -0.2) is 26.7 Å². The van der Waals surface area contributed by atoms with E-state index in [4.69, 9.17) is 0 Å².